The normalized spacial score (nSPS) is 19.8. The SMILES string of the molecule is CCCc1n[nH]c(=S)n1CC(=O)N[C@H]1c2ccccc2CC[C@@H]1C. The van der Waals surface area contributed by atoms with Crippen molar-refractivity contribution in [2.45, 2.75) is 52.1 Å². The number of carbonyl (C=O) groups is 1. The second-order valence-corrected chi connectivity index (χ2v) is 6.93. The summed E-state index contributed by atoms with van der Waals surface area (Å²) in [6.07, 6.45) is 3.95. The van der Waals surface area contributed by atoms with E-state index in [-0.39, 0.29) is 18.5 Å². The lowest BCUT2D eigenvalue weighted by molar-refractivity contribution is -0.122. The summed E-state index contributed by atoms with van der Waals surface area (Å²) in [5.41, 5.74) is 2.58. The number of aromatic amines is 1. The summed E-state index contributed by atoms with van der Waals surface area (Å²) in [5, 5.41) is 10.2. The van der Waals surface area contributed by atoms with Crippen LogP contribution in [-0.4, -0.2) is 20.7 Å². The summed E-state index contributed by atoms with van der Waals surface area (Å²) in [6, 6.07) is 8.46. The summed E-state index contributed by atoms with van der Waals surface area (Å²) in [6.45, 7) is 4.51. The lowest BCUT2D eigenvalue weighted by Crippen LogP contribution is -2.37. The highest BCUT2D eigenvalue weighted by Gasteiger charge is 2.27. The molecule has 1 aliphatic rings. The Kier molecular flexibility index (Phi) is 5.14. The number of amides is 1. The molecule has 2 aromatic rings. The molecule has 0 spiro atoms. The number of carbonyl (C=O) groups excluding carboxylic acids is 1. The third-order valence-electron chi connectivity index (χ3n) is 4.76. The predicted molar refractivity (Wildman–Crippen MR) is 96.2 cm³/mol. The fraction of sp³-hybridized carbons (Fsp3) is 0.500. The Labute approximate surface area is 147 Å². The Morgan fingerprint density at radius 2 is 2.25 bits per heavy atom. The number of hydrogen-bond acceptors (Lipinski definition) is 3. The molecule has 0 fully saturated rings. The standard InChI is InChI=1S/C18H24N4OS/c1-3-6-15-20-21-18(24)22(15)11-16(23)19-17-12(2)9-10-13-7-4-5-8-14(13)17/h4-5,7-8,12,17H,3,6,9-11H2,1-2H3,(H,19,23)(H,21,24)/t12-,17+/m0/s1. The highest BCUT2D eigenvalue weighted by molar-refractivity contribution is 7.71. The molecule has 24 heavy (non-hydrogen) atoms. The van der Waals surface area contributed by atoms with Gasteiger partial charge in [0.2, 0.25) is 5.91 Å². The summed E-state index contributed by atoms with van der Waals surface area (Å²) in [4.78, 5) is 12.6. The number of nitrogens with one attached hydrogen (secondary N) is 2. The zero-order chi connectivity index (χ0) is 17.1. The average Bonchev–Trinajstić information content (AvgIpc) is 2.91. The van der Waals surface area contributed by atoms with E-state index in [1.54, 1.807) is 4.57 Å². The molecule has 2 atom stereocenters. The van der Waals surface area contributed by atoms with Crippen LogP contribution in [0.4, 0.5) is 0 Å². The van der Waals surface area contributed by atoms with Crippen molar-refractivity contribution in [3.63, 3.8) is 0 Å². The molecule has 0 radical (unpaired) electrons. The molecule has 0 unspecified atom stereocenters. The van der Waals surface area contributed by atoms with Crippen LogP contribution in [0.1, 0.15) is 49.7 Å². The van der Waals surface area contributed by atoms with Crippen molar-refractivity contribution in [2.75, 3.05) is 0 Å². The number of aromatic nitrogens is 3. The van der Waals surface area contributed by atoms with Gasteiger partial charge in [0, 0.05) is 6.42 Å². The summed E-state index contributed by atoms with van der Waals surface area (Å²) < 4.78 is 2.30. The predicted octanol–water partition coefficient (Wildman–Crippen LogP) is 3.33. The van der Waals surface area contributed by atoms with E-state index in [4.69, 9.17) is 12.2 Å². The van der Waals surface area contributed by atoms with Crippen LogP contribution in [0.5, 0.6) is 0 Å². The average molecular weight is 344 g/mol. The third-order valence-corrected chi connectivity index (χ3v) is 5.07. The number of H-pyrrole nitrogens is 1. The van der Waals surface area contributed by atoms with Gasteiger partial charge >= 0.3 is 0 Å². The molecule has 3 rings (SSSR count). The van der Waals surface area contributed by atoms with Gasteiger partial charge in [-0.2, -0.15) is 5.10 Å². The van der Waals surface area contributed by atoms with Gasteiger partial charge in [0.15, 0.2) is 4.77 Å². The first-order valence-electron chi connectivity index (χ1n) is 8.61. The molecule has 0 saturated heterocycles. The number of rotatable bonds is 5. The Balaban J connectivity index is 1.76. The van der Waals surface area contributed by atoms with Crippen LogP contribution in [0.3, 0.4) is 0 Å². The van der Waals surface area contributed by atoms with E-state index in [2.05, 4.69) is 47.6 Å². The minimum absolute atomic E-state index is 0.0154. The molecule has 5 nitrogen and oxygen atoms in total. The number of fused-ring (bicyclic) bond motifs is 1. The highest BCUT2D eigenvalue weighted by Crippen LogP contribution is 2.33. The Bertz CT molecular complexity index is 779. The summed E-state index contributed by atoms with van der Waals surface area (Å²) in [5.74, 6) is 1.25. The molecular weight excluding hydrogens is 320 g/mol. The third kappa shape index (κ3) is 3.43. The maximum absolute atomic E-state index is 12.6. The molecular formula is C18H24N4OS. The molecule has 2 N–H and O–H groups in total. The molecule has 1 amide bonds. The first kappa shape index (κ1) is 16.9. The first-order chi connectivity index (χ1) is 11.6. The van der Waals surface area contributed by atoms with Gasteiger partial charge in [-0.1, -0.05) is 38.1 Å². The fourth-order valence-electron chi connectivity index (χ4n) is 3.43. The van der Waals surface area contributed by atoms with Gasteiger partial charge in [0.1, 0.15) is 12.4 Å². The van der Waals surface area contributed by atoms with Crippen LogP contribution in [0.2, 0.25) is 0 Å². The van der Waals surface area contributed by atoms with Crippen LogP contribution < -0.4 is 5.32 Å². The molecule has 6 heteroatoms. The second kappa shape index (κ2) is 7.30. The van der Waals surface area contributed by atoms with Crippen LogP contribution in [0.25, 0.3) is 0 Å². The van der Waals surface area contributed by atoms with E-state index < -0.39 is 0 Å². The van der Waals surface area contributed by atoms with E-state index in [0.717, 1.165) is 31.5 Å². The topological polar surface area (TPSA) is 62.7 Å². The largest absolute Gasteiger partial charge is 0.347 e. The minimum Gasteiger partial charge on any atom is -0.347 e. The van der Waals surface area contributed by atoms with Crippen molar-refractivity contribution in [1.82, 2.24) is 20.1 Å². The number of nitrogens with zero attached hydrogens (tertiary/aromatic N) is 2. The van der Waals surface area contributed by atoms with Crippen molar-refractivity contribution >= 4 is 18.1 Å². The van der Waals surface area contributed by atoms with E-state index in [1.165, 1.54) is 11.1 Å². The fourth-order valence-corrected chi connectivity index (χ4v) is 3.65. The van der Waals surface area contributed by atoms with Crippen molar-refractivity contribution in [3.8, 4) is 0 Å². The van der Waals surface area contributed by atoms with Gasteiger partial charge in [-0.25, -0.2) is 0 Å². The smallest absolute Gasteiger partial charge is 0.240 e. The van der Waals surface area contributed by atoms with Gasteiger partial charge < -0.3 is 5.32 Å². The molecule has 1 aromatic heterocycles. The van der Waals surface area contributed by atoms with Gasteiger partial charge in [-0.15, -0.1) is 0 Å². The van der Waals surface area contributed by atoms with Gasteiger partial charge in [-0.05, 0) is 48.5 Å². The van der Waals surface area contributed by atoms with E-state index in [9.17, 15) is 4.79 Å². The number of hydrogen-bond donors (Lipinski definition) is 2. The van der Waals surface area contributed by atoms with Crippen LogP contribution in [-0.2, 0) is 24.2 Å². The zero-order valence-electron chi connectivity index (χ0n) is 14.2. The van der Waals surface area contributed by atoms with Crippen LogP contribution >= 0.6 is 12.2 Å². The number of benzene rings is 1. The maximum atomic E-state index is 12.6. The molecule has 1 aliphatic carbocycles. The lowest BCUT2D eigenvalue weighted by atomic mass is 9.80. The molecule has 0 aliphatic heterocycles. The first-order valence-corrected chi connectivity index (χ1v) is 9.02. The van der Waals surface area contributed by atoms with Crippen LogP contribution in [0, 0.1) is 10.7 Å². The molecule has 1 aromatic carbocycles. The van der Waals surface area contributed by atoms with Gasteiger partial charge in [0.25, 0.3) is 0 Å². The van der Waals surface area contributed by atoms with Gasteiger partial charge in [0.05, 0.1) is 6.04 Å². The minimum atomic E-state index is -0.0154. The quantitative estimate of drug-likeness (QED) is 0.818. The summed E-state index contributed by atoms with van der Waals surface area (Å²) in [7, 11) is 0. The zero-order valence-corrected chi connectivity index (χ0v) is 15.0. The van der Waals surface area contributed by atoms with E-state index >= 15 is 0 Å². The van der Waals surface area contributed by atoms with Crippen molar-refractivity contribution in [3.05, 3.63) is 46.0 Å². The molecule has 128 valence electrons. The van der Waals surface area contributed by atoms with Crippen LogP contribution in [0.15, 0.2) is 24.3 Å². The Morgan fingerprint density at radius 1 is 1.46 bits per heavy atom. The molecule has 0 saturated carbocycles. The lowest BCUT2D eigenvalue weighted by Gasteiger charge is -2.32. The summed E-state index contributed by atoms with van der Waals surface area (Å²) >= 11 is 5.26. The molecule has 0 bridgehead atoms. The molecule has 1 heterocycles. The second-order valence-electron chi connectivity index (χ2n) is 6.54. The Hall–Kier alpha value is -1.95. The van der Waals surface area contributed by atoms with Gasteiger partial charge in [-0.3, -0.25) is 14.5 Å². The van der Waals surface area contributed by atoms with E-state index in [0.29, 0.717) is 10.7 Å². The highest BCUT2D eigenvalue weighted by atomic mass is 32.1. The number of aryl methyl sites for hydroxylation is 2. The van der Waals surface area contributed by atoms with E-state index in [1.807, 2.05) is 6.07 Å². The van der Waals surface area contributed by atoms with Crippen molar-refractivity contribution in [2.24, 2.45) is 5.92 Å². The monoisotopic (exact) mass is 344 g/mol. The maximum Gasteiger partial charge on any atom is 0.240 e. The Morgan fingerprint density at radius 3 is 3.04 bits per heavy atom. The van der Waals surface area contributed by atoms with Crippen molar-refractivity contribution < 1.29 is 4.79 Å². The van der Waals surface area contributed by atoms with Crippen molar-refractivity contribution in [1.29, 1.82) is 0 Å².